The predicted molar refractivity (Wildman–Crippen MR) is 61.4 cm³/mol. The van der Waals surface area contributed by atoms with E-state index in [1.165, 1.54) is 12.8 Å². The van der Waals surface area contributed by atoms with Crippen LogP contribution in [0.2, 0.25) is 0 Å². The van der Waals surface area contributed by atoms with Crippen LogP contribution in [0.15, 0.2) is 4.99 Å². The summed E-state index contributed by atoms with van der Waals surface area (Å²) in [6.45, 7) is 9.31. The van der Waals surface area contributed by atoms with Crippen LogP contribution >= 0.6 is 0 Å². The number of rotatable bonds is 6. The minimum atomic E-state index is 0.781. The lowest BCUT2D eigenvalue weighted by Crippen LogP contribution is -2.19. The third kappa shape index (κ3) is 4.44. The second kappa shape index (κ2) is 7.11. The van der Waals surface area contributed by atoms with Crippen molar-refractivity contribution in [2.75, 3.05) is 7.05 Å². The molecule has 1 heteroatoms. The van der Waals surface area contributed by atoms with Crippen molar-refractivity contribution in [1.29, 1.82) is 0 Å². The van der Waals surface area contributed by atoms with E-state index in [-0.39, 0.29) is 0 Å². The normalized spacial score (nSPS) is 18.8. The molecule has 3 unspecified atom stereocenters. The first-order chi connectivity index (χ1) is 6.17. The van der Waals surface area contributed by atoms with Gasteiger partial charge >= 0.3 is 0 Å². The van der Waals surface area contributed by atoms with Gasteiger partial charge in [0, 0.05) is 7.05 Å². The molecule has 1 nitrogen and oxygen atoms in total. The third-order valence-corrected chi connectivity index (χ3v) is 3.24. The smallest absolute Gasteiger partial charge is 0.0273 e. The Morgan fingerprint density at radius 2 is 1.69 bits per heavy atom. The van der Waals surface area contributed by atoms with Gasteiger partial charge in [-0.1, -0.05) is 40.5 Å². The minimum absolute atomic E-state index is 0.781. The van der Waals surface area contributed by atoms with Crippen molar-refractivity contribution in [3.05, 3.63) is 0 Å². The first-order valence-electron chi connectivity index (χ1n) is 5.57. The van der Waals surface area contributed by atoms with E-state index in [0.717, 1.165) is 24.2 Å². The molecule has 0 heterocycles. The Morgan fingerprint density at radius 3 is 2.08 bits per heavy atom. The van der Waals surface area contributed by atoms with Gasteiger partial charge in [0.05, 0.1) is 0 Å². The monoisotopic (exact) mass is 183 g/mol. The second-order valence-corrected chi connectivity index (χ2v) is 4.11. The van der Waals surface area contributed by atoms with Crippen LogP contribution in [0.3, 0.4) is 0 Å². The molecule has 0 aliphatic rings. The van der Waals surface area contributed by atoms with Crippen LogP contribution < -0.4 is 0 Å². The lowest BCUT2D eigenvalue weighted by molar-refractivity contribution is 0.247. The summed E-state index contributed by atoms with van der Waals surface area (Å²) in [6, 6.07) is 0. The number of hydrogen-bond donors (Lipinski definition) is 0. The highest BCUT2D eigenvalue weighted by atomic mass is 14.6. The summed E-state index contributed by atoms with van der Waals surface area (Å²) in [4.78, 5) is 4.05. The van der Waals surface area contributed by atoms with Crippen LogP contribution in [0.25, 0.3) is 0 Å². The average molecular weight is 183 g/mol. The van der Waals surface area contributed by atoms with Gasteiger partial charge in [0.1, 0.15) is 0 Å². The fraction of sp³-hybridized carbons (Fsp3) is 0.917. The van der Waals surface area contributed by atoms with E-state index in [4.69, 9.17) is 0 Å². The van der Waals surface area contributed by atoms with Gasteiger partial charge in [-0.15, -0.1) is 0 Å². The highest BCUT2D eigenvalue weighted by molar-refractivity contribution is 5.57. The summed E-state index contributed by atoms with van der Waals surface area (Å²) in [5.74, 6) is 2.50. The fourth-order valence-electron chi connectivity index (χ4n) is 2.11. The van der Waals surface area contributed by atoms with Crippen molar-refractivity contribution in [2.24, 2.45) is 22.7 Å². The van der Waals surface area contributed by atoms with E-state index < -0.39 is 0 Å². The summed E-state index contributed by atoms with van der Waals surface area (Å²) >= 11 is 0. The SMILES string of the molecule is CCC(C)C(CC)C(C)CC=NC. The zero-order valence-corrected chi connectivity index (χ0v) is 9.88. The summed E-state index contributed by atoms with van der Waals surface area (Å²) in [5, 5.41) is 0. The van der Waals surface area contributed by atoms with Crippen LogP contribution in [0.1, 0.15) is 47.0 Å². The van der Waals surface area contributed by atoms with Crippen molar-refractivity contribution < 1.29 is 0 Å². The molecule has 0 aromatic rings. The molecule has 0 fully saturated rings. The number of nitrogens with zero attached hydrogens (tertiary/aromatic N) is 1. The zero-order chi connectivity index (χ0) is 10.3. The fourth-order valence-corrected chi connectivity index (χ4v) is 2.11. The van der Waals surface area contributed by atoms with Gasteiger partial charge in [-0.3, -0.25) is 0 Å². The molecule has 0 saturated carbocycles. The van der Waals surface area contributed by atoms with Gasteiger partial charge in [-0.2, -0.15) is 0 Å². The molecule has 0 radical (unpaired) electrons. The highest BCUT2D eigenvalue weighted by Gasteiger charge is 2.19. The molecule has 0 bridgehead atoms. The molecule has 0 rings (SSSR count). The Hall–Kier alpha value is -0.330. The molecule has 0 saturated heterocycles. The molecule has 0 aromatic carbocycles. The topological polar surface area (TPSA) is 12.4 Å². The molecular formula is C12H25N. The lowest BCUT2D eigenvalue weighted by atomic mass is 9.79. The molecule has 0 aromatic heterocycles. The first kappa shape index (κ1) is 12.7. The standard InChI is InChI=1S/C12H25N/c1-6-10(3)12(7-2)11(4)8-9-13-5/h9-12H,6-8H2,1-5H3. The van der Waals surface area contributed by atoms with Crippen LogP contribution in [-0.2, 0) is 0 Å². The molecule has 0 spiro atoms. The van der Waals surface area contributed by atoms with Gasteiger partial charge in [-0.25, -0.2) is 0 Å². The highest BCUT2D eigenvalue weighted by Crippen LogP contribution is 2.28. The van der Waals surface area contributed by atoms with E-state index in [0.29, 0.717) is 0 Å². The zero-order valence-electron chi connectivity index (χ0n) is 9.88. The maximum atomic E-state index is 4.05. The van der Waals surface area contributed by atoms with Gasteiger partial charge in [0.2, 0.25) is 0 Å². The van der Waals surface area contributed by atoms with E-state index in [9.17, 15) is 0 Å². The number of hydrogen-bond acceptors (Lipinski definition) is 1. The Labute approximate surface area is 83.6 Å². The number of aliphatic imine (C=N–C) groups is 1. The average Bonchev–Trinajstić information content (AvgIpc) is 2.15. The van der Waals surface area contributed by atoms with Gasteiger partial charge in [-0.05, 0) is 30.4 Å². The van der Waals surface area contributed by atoms with Crippen molar-refractivity contribution >= 4 is 6.21 Å². The van der Waals surface area contributed by atoms with Crippen molar-refractivity contribution in [3.8, 4) is 0 Å². The Balaban J connectivity index is 4.05. The van der Waals surface area contributed by atoms with Crippen LogP contribution in [0, 0.1) is 17.8 Å². The first-order valence-corrected chi connectivity index (χ1v) is 5.57. The summed E-state index contributed by atoms with van der Waals surface area (Å²) in [6.07, 6.45) is 5.79. The van der Waals surface area contributed by atoms with Crippen molar-refractivity contribution in [1.82, 2.24) is 0 Å². The molecule has 0 N–H and O–H groups in total. The third-order valence-electron chi connectivity index (χ3n) is 3.24. The summed E-state index contributed by atoms with van der Waals surface area (Å²) in [5.41, 5.74) is 0. The Kier molecular flexibility index (Phi) is 6.93. The Morgan fingerprint density at radius 1 is 1.08 bits per heavy atom. The molecular weight excluding hydrogens is 158 g/mol. The van der Waals surface area contributed by atoms with Gasteiger partial charge in [0.15, 0.2) is 0 Å². The molecule has 13 heavy (non-hydrogen) atoms. The largest absolute Gasteiger partial charge is 0.301 e. The van der Waals surface area contributed by atoms with Crippen LogP contribution in [-0.4, -0.2) is 13.3 Å². The second-order valence-electron chi connectivity index (χ2n) is 4.11. The molecule has 0 aliphatic carbocycles. The van der Waals surface area contributed by atoms with Crippen LogP contribution in [0.4, 0.5) is 0 Å². The quantitative estimate of drug-likeness (QED) is 0.556. The van der Waals surface area contributed by atoms with Gasteiger partial charge in [0.25, 0.3) is 0 Å². The molecule has 0 aliphatic heterocycles. The van der Waals surface area contributed by atoms with E-state index in [1.54, 1.807) is 0 Å². The maximum absolute atomic E-state index is 4.05. The van der Waals surface area contributed by atoms with E-state index in [1.807, 2.05) is 7.05 Å². The van der Waals surface area contributed by atoms with Gasteiger partial charge < -0.3 is 4.99 Å². The molecule has 78 valence electrons. The van der Waals surface area contributed by atoms with E-state index >= 15 is 0 Å². The lowest BCUT2D eigenvalue weighted by Gasteiger charge is -2.27. The van der Waals surface area contributed by atoms with Crippen LogP contribution in [0.5, 0.6) is 0 Å². The molecule has 0 amide bonds. The summed E-state index contributed by atoms with van der Waals surface area (Å²) < 4.78 is 0. The van der Waals surface area contributed by atoms with E-state index in [2.05, 4.69) is 38.9 Å². The predicted octanol–water partition coefficient (Wildman–Crippen LogP) is 3.79. The van der Waals surface area contributed by atoms with Crippen molar-refractivity contribution in [3.63, 3.8) is 0 Å². The summed E-state index contributed by atoms with van der Waals surface area (Å²) in [7, 11) is 1.86. The van der Waals surface area contributed by atoms with Crippen molar-refractivity contribution in [2.45, 2.75) is 47.0 Å². The molecule has 3 atom stereocenters. The minimum Gasteiger partial charge on any atom is -0.301 e. The Bertz CT molecular complexity index is 140. The maximum Gasteiger partial charge on any atom is 0.0273 e.